The molecule has 1 aromatic carbocycles. The molecule has 0 bridgehead atoms. The number of aromatic nitrogens is 1. The number of furan rings is 1. The van der Waals surface area contributed by atoms with Crippen molar-refractivity contribution >= 4 is 22.1 Å². The highest BCUT2D eigenvalue weighted by Gasteiger charge is 2.14. The summed E-state index contributed by atoms with van der Waals surface area (Å²) in [5.74, 6) is 0. The zero-order chi connectivity index (χ0) is 13.9. The van der Waals surface area contributed by atoms with Crippen LogP contribution in [0.25, 0.3) is 10.8 Å². The summed E-state index contributed by atoms with van der Waals surface area (Å²) in [5.41, 5.74) is 1.89. The molecule has 0 saturated heterocycles. The average molecular weight is 269 g/mol. The zero-order valence-corrected chi connectivity index (χ0v) is 10.4. The molecule has 0 aliphatic rings. The summed E-state index contributed by atoms with van der Waals surface area (Å²) in [7, 11) is 0. The molecular formula is C14H11N3O3. The van der Waals surface area contributed by atoms with Gasteiger partial charge in [-0.15, -0.1) is 0 Å². The Bertz CT molecular complexity index is 753. The molecule has 0 atom stereocenters. The van der Waals surface area contributed by atoms with Crippen molar-refractivity contribution in [3.63, 3.8) is 0 Å². The van der Waals surface area contributed by atoms with Gasteiger partial charge in [-0.1, -0.05) is 0 Å². The second-order valence-electron chi connectivity index (χ2n) is 4.30. The average Bonchev–Trinajstić information content (AvgIpc) is 2.97. The first-order chi connectivity index (χ1) is 9.75. The highest BCUT2D eigenvalue weighted by molar-refractivity contribution is 5.99. The molecule has 2 heterocycles. The fourth-order valence-corrected chi connectivity index (χ4v) is 2.08. The van der Waals surface area contributed by atoms with E-state index < -0.39 is 4.92 Å². The summed E-state index contributed by atoms with van der Waals surface area (Å²) in [6, 6.07) is 6.82. The second-order valence-corrected chi connectivity index (χ2v) is 4.30. The molecule has 1 N–H and O–H groups in total. The molecule has 0 aliphatic carbocycles. The molecule has 0 amide bonds. The smallest absolute Gasteiger partial charge is 0.278 e. The number of rotatable bonds is 4. The molecule has 2 aromatic heterocycles. The van der Waals surface area contributed by atoms with Crippen LogP contribution in [0, 0.1) is 10.1 Å². The Hall–Kier alpha value is -2.89. The summed E-state index contributed by atoms with van der Waals surface area (Å²) >= 11 is 0. The maximum atomic E-state index is 11.0. The van der Waals surface area contributed by atoms with Crippen LogP contribution in [0.4, 0.5) is 11.4 Å². The van der Waals surface area contributed by atoms with E-state index in [0.717, 1.165) is 16.6 Å². The molecule has 0 saturated carbocycles. The Kier molecular flexibility index (Phi) is 3.04. The van der Waals surface area contributed by atoms with Crippen LogP contribution in [0.3, 0.4) is 0 Å². The highest BCUT2D eigenvalue weighted by atomic mass is 16.6. The second kappa shape index (κ2) is 5.00. The van der Waals surface area contributed by atoms with Crippen molar-refractivity contribution in [2.45, 2.75) is 6.54 Å². The number of hydrogen-bond acceptors (Lipinski definition) is 5. The van der Waals surface area contributed by atoms with Crippen molar-refractivity contribution in [2.24, 2.45) is 0 Å². The third kappa shape index (κ3) is 2.18. The minimum atomic E-state index is -0.399. The van der Waals surface area contributed by atoms with Crippen LogP contribution in [-0.2, 0) is 6.54 Å². The van der Waals surface area contributed by atoms with Crippen molar-refractivity contribution in [3.8, 4) is 0 Å². The molecule has 0 fully saturated rings. The number of non-ortho nitro benzene ring substituents is 1. The van der Waals surface area contributed by atoms with Gasteiger partial charge in [0.15, 0.2) is 0 Å². The van der Waals surface area contributed by atoms with E-state index in [0.29, 0.717) is 11.9 Å². The van der Waals surface area contributed by atoms with Crippen LogP contribution in [0.2, 0.25) is 0 Å². The molecule has 3 aromatic rings. The van der Waals surface area contributed by atoms with E-state index in [1.165, 1.54) is 12.3 Å². The minimum Gasteiger partial charge on any atom is -0.472 e. The first-order valence-corrected chi connectivity index (χ1v) is 6.02. The fraction of sp³-hybridized carbons (Fsp3) is 0.0714. The molecule has 100 valence electrons. The van der Waals surface area contributed by atoms with Crippen molar-refractivity contribution in [1.29, 1.82) is 0 Å². The molecular weight excluding hydrogens is 258 g/mol. The minimum absolute atomic E-state index is 0.0574. The van der Waals surface area contributed by atoms with Crippen LogP contribution < -0.4 is 5.32 Å². The predicted octanol–water partition coefficient (Wildman–Crippen LogP) is 3.35. The summed E-state index contributed by atoms with van der Waals surface area (Å²) in [5, 5.41) is 15.6. The van der Waals surface area contributed by atoms with E-state index >= 15 is 0 Å². The van der Waals surface area contributed by atoms with E-state index in [9.17, 15) is 10.1 Å². The van der Waals surface area contributed by atoms with Gasteiger partial charge >= 0.3 is 0 Å². The Balaban J connectivity index is 1.99. The Morgan fingerprint density at radius 1 is 1.25 bits per heavy atom. The summed E-state index contributed by atoms with van der Waals surface area (Å²) in [6.45, 7) is 0.589. The highest BCUT2D eigenvalue weighted by Crippen LogP contribution is 2.30. The van der Waals surface area contributed by atoms with Gasteiger partial charge in [-0.2, -0.15) is 0 Å². The number of hydrogen-bond donors (Lipinski definition) is 1. The lowest BCUT2D eigenvalue weighted by molar-refractivity contribution is -0.383. The number of nitro groups is 1. The molecule has 0 radical (unpaired) electrons. The number of nitro benzene ring substituents is 1. The van der Waals surface area contributed by atoms with Crippen LogP contribution in [0.15, 0.2) is 53.6 Å². The SMILES string of the molecule is O=[N+]([O-])c1ccc(NCc2ccoc2)c2ccncc12. The molecule has 0 aliphatic heterocycles. The number of benzene rings is 1. The van der Waals surface area contributed by atoms with Gasteiger partial charge < -0.3 is 9.73 Å². The topological polar surface area (TPSA) is 81.2 Å². The summed E-state index contributed by atoms with van der Waals surface area (Å²) in [4.78, 5) is 14.6. The molecule has 6 heteroatoms. The van der Waals surface area contributed by atoms with Crippen molar-refractivity contribution in [3.05, 3.63) is 64.9 Å². The van der Waals surface area contributed by atoms with E-state index in [4.69, 9.17) is 4.42 Å². The fourth-order valence-electron chi connectivity index (χ4n) is 2.08. The molecule has 20 heavy (non-hydrogen) atoms. The number of pyridine rings is 1. The van der Waals surface area contributed by atoms with Gasteiger partial charge in [0, 0.05) is 41.6 Å². The van der Waals surface area contributed by atoms with Crippen LogP contribution in [-0.4, -0.2) is 9.91 Å². The van der Waals surface area contributed by atoms with Gasteiger partial charge in [-0.3, -0.25) is 15.1 Å². The Morgan fingerprint density at radius 2 is 2.15 bits per heavy atom. The van der Waals surface area contributed by atoms with Crippen LogP contribution >= 0.6 is 0 Å². The molecule has 3 rings (SSSR count). The zero-order valence-electron chi connectivity index (χ0n) is 10.4. The van der Waals surface area contributed by atoms with Crippen molar-refractivity contribution in [2.75, 3.05) is 5.32 Å². The first-order valence-electron chi connectivity index (χ1n) is 6.02. The van der Waals surface area contributed by atoms with Crippen molar-refractivity contribution < 1.29 is 9.34 Å². The maximum absolute atomic E-state index is 11.0. The van der Waals surface area contributed by atoms with Gasteiger partial charge in [-0.25, -0.2) is 0 Å². The standard InChI is InChI=1S/C14H11N3O3/c18-17(19)14-2-1-13(11-3-5-15-8-12(11)14)16-7-10-4-6-20-9-10/h1-6,8-9,16H,7H2. The third-order valence-corrected chi connectivity index (χ3v) is 3.05. The van der Waals surface area contributed by atoms with Crippen molar-refractivity contribution in [1.82, 2.24) is 4.98 Å². The third-order valence-electron chi connectivity index (χ3n) is 3.05. The summed E-state index contributed by atoms with van der Waals surface area (Å²) < 4.78 is 5.00. The normalized spacial score (nSPS) is 10.6. The van der Waals surface area contributed by atoms with Gasteiger partial charge in [0.2, 0.25) is 0 Å². The van der Waals surface area contributed by atoms with Crippen LogP contribution in [0.5, 0.6) is 0 Å². The number of anilines is 1. The van der Waals surface area contributed by atoms with E-state index in [-0.39, 0.29) is 5.69 Å². The lowest BCUT2D eigenvalue weighted by atomic mass is 10.1. The number of fused-ring (bicyclic) bond motifs is 1. The molecule has 0 unspecified atom stereocenters. The largest absolute Gasteiger partial charge is 0.472 e. The maximum Gasteiger partial charge on any atom is 0.278 e. The van der Waals surface area contributed by atoms with E-state index in [1.807, 2.05) is 6.07 Å². The number of nitrogens with one attached hydrogen (secondary N) is 1. The van der Waals surface area contributed by atoms with Gasteiger partial charge in [0.25, 0.3) is 5.69 Å². The summed E-state index contributed by atoms with van der Waals surface area (Å²) in [6.07, 6.45) is 6.39. The quantitative estimate of drug-likeness (QED) is 0.580. The van der Waals surface area contributed by atoms with Gasteiger partial charge in [-0.05, 0) is 18.2 Å². The predicted molar refractivity (Wildman–Crippen MR) is 74.4 cm³/mol. The van der Waals surface area contributed by atoms with Crippen LogP contribution in [0.1, 0.15) is 5.56 Å². The Morgan fingerprint density at radius 3 is 2.90 bits per heavy atom. The first kappa shape index (κ1) is 12.2. The number of nitrogens with zero attached hydrogens (tertiary/aromatic N) is 2. The van der Waals surface area contributed by atoms with E-state index in [2.05, 4.69) is 10.3 Å². The Labute approximate surface area is 114 Å². The lowest BCUT2D eigenvalue weighted by Gasteiger charge is -2.08. The lowest BCUT2D eigenvalue weighted by Crippen LogP contribution is -2.00. The van der Waals surface area contributed by atoms with Gasteiger partial charge in [0.05, 0.1) is 22.8 Å². The van der Waals surface area contributed by atoms with Gasteiger partial charge in [0.1, 0.15) is 0 Å². The monoisotopic (exact) mass is 269 g/mol. The molecule has 0 spiro atoms. The molecule has 6 nitrogen and oxygen atoms in total. The van der Waals surface area contributed by atoms with E-state index in [1.54, 1.807) is 30.9 Å².